The van der Waals surface area contributed by atoms with Crippen molar-refractivity contribution in [2.75, 3.05) is 37.7 Å². The Morgan fingerprint density at radius 2 is 1.86 bits per heavy atom. The van der Waals surface area contributed by atoms with Crippen molar-refractivity contribution in [3.63, 3.8) is 0 Å². The lowest BCUT2D eigenvalue weighted by atomic mass is 9.97. The molecule has 1 amide bonds. The van der Waals surface area contributed by atoms with Crippen LogP contribution in [-0.2, 0) is 23.1 Å². The summed E-state index contributed by atoms with van der Waals surface area (Å²) >= 11 is 0. The fourth-order valence-corrected chi connectivity index (χ4v) is 5.25. The first kappa shape index (κ1) is 24.6. The maximum atomic E-state index is 12.9. The van der Waals surface area contributed by atoms with Crippen LogP contribution in [0.25, 0.3) is 22.4 Å². The van der Waals surface area contributed by atoms with Crippen molar-refractivity contribution in [3.05, 3.63) is 46.9 Å². The number of anilines is 1. The van der Waals surface area contributed by atoms with Crippen molar-refractivity contribution >= 4 is 22.8 Å². The lowest BCUT2D eigenvalue weighted by Crippen LogP contribution is -2.52. The standard InChI is InChI=1S/C28H37N5O3/c1-28(2,3)19-33-23-12-11-22(29-25(23)30(4)27(33)35)20-8-7-9-21(18-20)31-13-15-32(16-14-31)26(34)24-10-5-6-17-36-24/h7-9,11-12,18,24H,5-6,10,13-17,19H2,1-4H3. The van der Waals surface area contributed by atoms with E-state index in [1.165, 1.54) is 0 Å². The quantitative estimate of drug-likeness (QED) is 0.557. The summed E-state index contributed by atoms with van der Waals surface area (Å²) in [5.74, 6) is 0.143. The number of ether oxygens (including phenoxy) is 1. The lowest BCUT2D eigenvalue weighted by molar-refractivity contribution is -0.146. The molecule has 192 valence electrons. The SMILES string of the molecule is Cn1c(=O)n(CC(C)(C)C)c2ccc(-c3cccc(N4CCN(C(=O)C5CCCCO5)CC4)c3)nc21. The maximum absolute atomic E-state index is 12.9. The third-order valence-electron chi connectivity index (χ3n) is 7.17. The molecule has 2 aromatic heterocycles. The zero-order valence-corrected chi connectivity index (χ0v) is 21.9. The van der Waals surface area contributed by atoms with Crippen LogP contribution in [-0.4, -0.2) is 63.8 Å². The zero-order chi connectivity index (χ0) is 25.4. The van der Waals surface area contributed by atoms with Gasteiger partial charge in [0.15, 0.2) is 5.65 Å². The number of aryl methyl sites for hydroxylation is 1. The molecular formula is C28H37N5O3. The van der Waals surface area contributed by atoms with Crippen molar-refractivity contribution in [3.8, 4) is 11.3 Å². The van der Waals surface area contributed by atoms with Crippen LogP contribution in [0.1, 0.15) is 40.0 Å². The van der Waals surface area contributed by atoms with Gasteiger partial charge in [-0.25, -0.2) is 9.78 Å². The summed E-state index contributed by atoms with van der Waals surface area (Å²) in [6.07, 6.45) is 2.69. The Bertz CT molecular complexity index is 1300. The summed E-state index contributed by atoms with van der Waals surface area (Å²) in [4.78, 5) is 34.9. The van der Waals surface area contributed by atoms with E-state index < -0.39 is 0 Å². The minimum atomic E-state index is -0.260. The second kappa shape index (κ2) is 9.73. The van der Waals surface area contributed by atoms with E-state index in [9.17, 15) is 9.59 Å². The first-order valence-electron chi connectivity index (χ1n) is 13.0. The van der Waals surface area contributed by atoms with Gasteiger partial charge in [0.2, 0.25) is 0 Å². The highest BCUT2D eigenvalue weighted by molar-refractivity contribution is 5.81. The molecule has 2 fully saturated rings. The number of piperazine rings is 1. The summed E-state index contributed by atoms with van der Waals surface area (Å²) in [6, 6.07) is 12.4. The van der Waals surface area contributed by atoms with Crippen LogP contribution < -0.4 is 10.6 Å². The van der Waals surface area contributed by atoms with E-state index in [1.54, 1.807) is 11.6 Å². The van der Waals surface area contributed by atoms with Gasteiger partial charge in [-0.15, -0.1) is 0 Å². The fraction of sp³-hybridized carbons (Fsp3) is 0.536. The van der Waals surface area contributed by atoms with Crippen LogP contribution in [0.4, 0.5) is 5.69 Å². The molecule has 8 heteroatoms. The third-order valence-corrected chi connectivity index (χ3v) is 7.17. The normalized spacial score (nSPS) is 19.2. The number of carbonyl (C=O) groups is 1. The van der Waals surface area contributed by atoms with Crippen LogP contribution in [0.5, 0.6) is 0 Å². The van der Waals surface area contributed by atoms with E-state index in [2.05, 4.69) is 43.9 Å². The summed E-state index contributed by atoms with van der Waals surface area (Å²) < 4.78 is 9.17. The Balaban J connectivity index is 1.33. The number of hydrogen-bond donors (Lipinski definition) is 0. The van der Waals surface area contributed by atoms with Crippen molar-refractivity contribution < 1.29 is 9.53 Å². The van der Waals surface area contributed by atoms with Crippen LogP contribution in [0.3, 0.4) is 0 Å². The molecule has 0 spiro atoms. The second-order valence-electron chi connectivity index (χ2n) is 11.2. The van der Waals surface area contributed by atoms with Gasteiger partial charge in [-0.2, -0.15) is 0 Å². The van der Waals surface area contributed by atoms with Gasteiger partial charge in [-0.05, 0) is 48.9 Å². The average molecular weight is 492 g/mol. The van der Waals surface area contributed by atoms with Gasteiger partial charge < -0.3 is 14.5 Å². The number of nitrogens with zero attached hydrogens (tertiary/aromatic N) is 5. The van der Waals surface area contributed by atoms with Crippen molar-refractivity contribution in [2.24, 2.45) is 12.5 Å². The van der Waals surface area contributed by atoms with Crippen LogP contribution in [0, 0.1) is 5.41 Å². The first-order chi connectivity index (χ1) is 17.2. The minimum absolute atomic E-state index is 0.0107. The summed E-state index contributed by atoms with van der Waals surface area (Å²) in [7, 11) is 1.79. The maximum Gasteiger partial charge on any atom is 0.330 e. The molecule has 5 rings (SSSR count). The van der Waals surface area contributed by atoms with Crippen molar-refractivity contribution in [2.45, 2.75) is 52.7 Å². The van der Waals surface area contributed by atoms with E-state index >= 15 is 0 Å². The molecule has 0 N–H and O–H groups in total. The Morgan fingerprint density at radius 1 is 1.08 bits per heavy atom. The second-order valence-corrected chi connectivity index (χ2v) is 11.2. The summed E-state index contributed by atoms with van der Waals surface area (Å²) in [6.45, 7) is 10.7. The molecule has 2 aliphatic rings. The average Bonchev–Trinajstić information content (AvgIpc) is 3.12. The molecule has 36 heavy (non-hydrogen) atoms. The van der Waals surface area contributed by atoms with Crippen molar-refractivity contribution in [1.29, 1.82) is 0 Å². The Kier molecular flexibility index (Phi) is 6.64. The molecule has 1 aromatic carbocycles. The first-order valence-corrected chi connectivity index (χ1v) is 13.0. The van der Waals surface area contributed by atoms with Gasteiger partial charge in [0.05, 0.1) is 11.2 Å². The molecule has 1 atom stereocenters. The topological polar surface area (TPSA) is 72.6 Å². The predicted molar refractivity (Wildman–Crippen MR) is 142 cm³/mol. The number of aromatic nitrogens is 3. The number of hydrogen-bond acceptors (Lipinski definition) is 5. The molecule has 0 saturated carbocycles. The number of imidazole rings is 1. The third kappa shape index (κ3) is 4.91. The van der Waals surface area contributed by atoms with Gasteiger partial charge in [0, 0.05) is 57.6 Å². The molecule has 4 heterocycles. The molecule has 3 aromatic rings. The van der Waals surface area contributed by atoms with E-state index in [0.717, 1.165) is 54.8 Å². The predicted octanol–water partition coefficient (Wildman–Crippen LogP) is 3.67. The van der Waals surface area contributed by atoms with E-state index in [4.69, 9.17) is 9.72 Å². The highest BCUT2D eigenvalue weighted by Crippen LogP contribution is 2.27. The lowest BCUT2D eigenvalue weighted by Gasteiger charge is -2.38. The minimum Gasteiger partial charge on any atom is -0.368 e. The van der Waals surface area contributed by atoms with Gasteiger partial charge >= 0.3 is 5.69 Å². The highest BCUT2D eigenvalue weighted by atomic mass is 16.5. The summed E-state index contributed by atoms with van der Waals surface area (Å²) in [5.41, 5.74) is 4.49. The van der Waals surface area contributed by atoms with Crippen LogP contribution in [0.15, 0.2) is 41.2 Å². The molecule has 0 bridgehead atoms. The molecule has 0 aliphatic carbocycles. The summed E-state index contributed by atoms with van der Waals surface area (Å²) in [5, 5.41) is 0. The molecule has 2 aliphatic heterocycles. The number of amides is 1. The van der Waals surface area contributed by atoms with E-state index in [0.29, 0.717) is 31.9 Å². The Hall–Kier alpha value is -3.13. The number of benzene rings is 1. The molecular weight excluding hydrogens is 454 g/mol. The van der Waals surface area contributed by atoms with Gasteiger partial charge in [0.25, 0.3) is 5.91 Å². The highest BCUT2D eigenvalue weighted by Gasteiger charge is 2.29. The number of rotatable bonds is 4. The van der Waals surface area contributed by atoms with E-state index in [1.807, 2.05) is 27.7 Å². The molecule has 2 saturated heterocycles. The van der Waals surface area contributed by atoms with Gasteiger partial charge in [0.1, 0.15) is 6.10 Å². The molecule has 1 unspecified atom stereocenters. The molecule has 0 radical (unpaired) electrons. The largest absolute Gasteiger partial charge is 0.368 e. The monoisotopic (exact) mass is 491 g/mol. The van der Waals surface area contributed by atoms with E-state index in [-0.39, 0.29) is 23.1 Å². The smallest absolute Gasteiger partial charge is 0.330 e. The Morgan fingerprint density at radius 3 is 2.56 bits per heavy atom. The number of pyridine rings is 1. The Labute approximate surface area is 212 Å². The van der Waals surface area contributed by atoms with Crippen molar-refractivity contribution in [1.82, 2.24) is 19.0 Å². The molecule has 8 nitrogen and oxygen atoms in total. The number of carbonyl (C=O) groups excluding carboxylic acids is 1. The van der Waals surface area contributed by atoms with Gasteiger partial charge in [-0.3, -0.25) is 13.9 Å². The van der Waals surface area contributed by atoms with Gasteiger partial charge in [-0.1, -0.05) is 32.9 Å². The van der Waals surface area contributed by atoms with Crippen LogP contribution in [0.2, 0.25) is 0 Å². The number of fused-ring (bicyclic) bond motifs is 1. The zero-order valence-electron chi connectivity index (χ0n) is 21.9. The fourth-order valence-electron chi connectivity index (χ4n) is 5.25. The van der Waals surface area contributed by atoms with Crippen LogP contribution >= 0.6 is 0 Å².